The highest BCUT2D eigenvalue weighted by Gasteiger charge is 2.28. The summed E-state index contributed by atoms with van der Waals surface area (Å²) in [5, 5.41) is 2.94. The topological polar surface area (TPSA) is 67.9 Å². The Balaban J connectivity index is 1.58. The van der Waals surface area contributed by atoms with E-state index in [-0.39, 0.29) is 17.7 Å². The number of carbonyl (C=O) groups excluding carboxylic acids is 2. The number of ether oxygens (including phenoxy) is 2. The third-order valence-corrected chi connectivity index (χ3v) is 4.82. The van der Waals surface area contributed by atoms with Crippen LogP contribution in [0.5, 0.6) is 11.5 Å². The number of methoxy groups -OCH3 is 2. The Morgan fingerprint density at radius 2 is 1.63 bits per heavy atom. The number of likely N-dealkylation sites (tertiary alicyclic amines) is 1. The number of para-hydroxylation sites is 1. The van der Waals surface area contributed by atoms with E-state index in [9.17, 15) is 9.59 Å². The summed E-state index contributed by atoms with van der Waals surface area (Å²) >= 11 is 0. The van der Waals surface area contributed by atoms with Crippen molar-refractivity contribution in [1.82, 2.24) is 4.90 Å². The van der Waals surface area contributed by atoms with E-state index < -0.39 is 0 Å². The smallest absolute Gasteiger partial charge is 0.253 e. The van der Waals surface area contributed by atoms with Gasteiger partial charge in [0.1, 0.15) is 0 Å². The normalized spacial score (nSPS) is 14.5. The molecule has 27 heavy (non-hydrogen) atoms. The first-order valence-corrected chi connectivity index (χ1v) is 8.99. The van der Waals surface area contributed by atoms with E-state index in [0.29, 0.717) is 43.0 Å². The van der Waals surface area contributed by atoms with Gasteiger partial charge in [0.2, 0.25) is 5.91 Å². The van der Waals surface area contributed by atoms with Crippen molar-refractivity contribution >= 4 is 17.5 Å². The van der Waals surface area contributed by atoms with Gasteiger partial charge in [-0.1, -0.05) is 18.2 Å². The van der Waals surface area contributed by atoms with Gasteiger partial charge in [0, 0.05) is 30.3 Å². The van der Waals surface area contributed by atoms with E-state index >= 15 is 0 Å². The first kappa shape index (κ1) is 18.8. The average Bonchev–Trinajstić information content (AvgIpc) is 2.73. The quantitative estimate of drug-likeness (QED) is 0.880. The molecule has 2 amide bonds. The molecular formula is C21H24N2O4. The van der Waals surface area contributed by atoms with Crippen LogP contribution >= 0.6 is 0 Å². The molecule has 1 heterocycles. The number of rotatable bonds is 5. The lowest BCUT2D eigenvalue weighted by atomic mass is 9.95. The van der Waals surface area contributed by atoms with Crippen molar-refractivity contribution in [3.8, 4) is 11.5 Å². The van der Waals surface area contributed by atoms with Crippen LogP contribution in [-0.2, 0) is 4.79 Å². The second kappa shape index (κ2) is 8.58. The summed E-state index contributed by atoms with van der Waals surface area (Å²) in [4.78, 5) is 27.0. The predicted molar refractivity (Wildman–Crippen MR) is 103 cm³/mol. The summed E-state index contributed by atoms with van der Waals surface area (Å²) in [7, 11) is 3.10. The monoisotopic (exact) mass is 368 g/mol. The molecule has 0 aromatic heterocycles. The molecule has 1 aliphatic rings. The number of hydrogen-bond acceptors (Lipinski definition) is 4. The van der Waals surface area contributed by atoms with Crippen LogP contribution in [0, 0.1) is 5.92 Å². The molecule has 0 bridgehead atoms. The standard InChI is InChI=1S/C21H24N2O4/c1-26-18-9-8-16(14-19(18)27-2)21(25)23-12-10-15(11-13-23)20(24)22-17-6-4-3-5-7-17/h3-9,14-15H,10-13H2,1-2H3,(H,22,24). The third kappa shape index (κ3) is 4.39. The van der Waals surface area contributed by atoms with Crippen molar-refractivity contribution in [2.24, 2.45) is 5.92 Å². The summed E-state index contributed by atoms with van der Waals surface area (Å²) in [6, 6.07) is 14.6. The predicted octanol–water partition coefficient (Wildman–Crippen LogP) is 3.19. The molecule has 142 valence electrons. The van der Waals surface area contributed by atoms with Crippen molar-refractivity contribution < 1.29 is 19.1 Å². The number of hydrogen-bond donors (Lipinski definition) is 1. The highest BCUT2D eigenvalue weighted by atomic mass is 16.5. The Bertz CT molecular complexity index is 799. The van der Waals surface area contributed by atoms with Gasteiger partial charge in [-0.2, -0.15) is 0 Å². The summed E-state index contributed by atoms with van der Waals surface area (Å²) in [6.07, 6.45) is 1.30. The van der Waals surface area contributed by atoms with Crippen molar-refractivity contribution in [1.29, 1.82) is 0 Å². The van der Waals surface area contributed by atoms with Crippen molar-refractivity contribution in [2.75, 3.05) is 32.6 Å². The molecule has 1 saturated heterocycles. The van der Waals surface area contributed by atoms with E-state index in [4.69, 9.17) is 9.47 Å². The first-order valence-electron chi connectivity index (χ1n) is 8.99. The molecule has 2 aromatic carbocycles. The fourth-order valence-corrected chi connectivity index (χ4v) is 3.26. The van der Waals surface area contributed by atoms with Crippen LogP contribution in [0.15, 0.2) is 48.5 Å². The molecule has 2 aromatic rings. The fraction of sp³-hybridized carbons (Fsp3) is 0.333. The first-order chi connectivity index (χ1) is 13.1. The number of piperidine rings is 1. The number of benzene rings is 2. The van der Waals surface area contributed by atoms with Gasteiger partial charge in [-0.3, -0.25) is 9.59 Å². The molecule has 0 atom stereocenters. The zero-order valence-corrected chi connectivity index (χ0v) is 15.6. The van der Waals surface area contributed by atoms with Gasteiger partial charge < -0.3 is 19.7 Å². The molecule has 0 spiro atoms. The Labute approximate surface area is 159 Å². The molecular weight excluding hydrogens is 344 g/mol. The van der Waals surface area contributed by atoms with Gasteiger partial charge in [0.15, 0.2) is 11.5 Å². The Morgan fingerprint density at radius 3 is 2.26 bits per heavy atom. The van der Waals surface area contributed by atoms with Gasteiger partial charge >= 0.3 is 0 Å². The number of nitrogens with one attached hydrogen (secondary N) is 1. The lowest BCUT2D eigenvalue weighted by Gasteiger charge is -2.31. The molecule has 0 unspecified atom stereocenters. The molecule has 0 aliphatic carbocycles. The van der Waals surface area contributed by atoms with Crippen LogP contribution in [0.25, 0.3) is 0 Å². The van der Waals surface area contributed by atoms with E-state index in [2.05, 4.69) is 5.32 Å². The van der Waals surface area contributed by atoms with E-state index in [1.165, 1.54) is 0 Å². The van der Waals surface area contributed by atoms with Gasteiger partial charge in [0.05, 0.1) is 14.2 Å². The van der Waals surface area contributed by atoms with Crippen LogP contribution in [0.3, 0.4) is 0 Å². The molecule has 6 nitrogen and oxygen atoms in total. The number of amides is 2. The van der Waals surface area contributed by atoms with E-state index in [1.807, 2.05) is 30.3 Å². The van der Waals surface area contributed by atoms with Crippen molar-refractivity contribution in [2.45, 2.75) is 12.8 Å². The summed E-state index contributed by atoms with van der Waals surface area (Å²) < 4.78 is 10.5. The Morgan fingerprint density at radius 1 is 0.963 bits per heavy atom. The highest BCUT2D eigenvalue weighted by Crippen LogP contribution is 2.29. The Kier molecular flexibility index (Phi) is 5.96. The third-order valence-electron chi connectivity index (χ3n) is 4.82. The van der Waals surface area contributed by atoms with Gasteiger partial charge in [-0.25, -0.2) is 0 Å². The molecule has 3 rings (SSSR count). The van der Waals surface area contributed by atoms with E-state index in [1.54, 1.807) is 37.3 Å². The maximum Gasteiger partial charge on any atom is 0.253 e. The number of anilines is 1. The average molecular weight is 368 g/mol. The maximum absolute atomic E-state index is 12.8. The van der Waals surface area contributed by atoms with Crippen LogP contribution in [-0.4, -0.2) is 44.0 Å². The van der Waals surface area contributed by atoms with Gasteiger partial charge in [-0.05, 0) is 43.2 Å². The molecule has 6 heteroatoms. The summed E-state index contributed by atoms with van der Waals surface area (Å²) in [5.41, 5.74) is 1.35. The van der Waals surface area contributed by atoms with Gasteiger partial charge in [0.25, 0.3) is 5.91 Å². The van der Waals surface area contributed by atoms with E-state index in [0.717, 1.165) is 5.69 Å². The largest absolute Gasteiger partial charge is 0.493 e. The highest BCUT2D eigenvalue weighted by molar-refractivity contribution is 5.96. The fourth-order valence-electron chi connectivity index (χ4n) is 3.26. The zero-order valence-electron chi connectivity index (χ0n) is 15.6. The van der Waals surface area contributed by atoms with Gasteiger partial charge in [-0.15, -0.1) is 0 Å². The minimum atomic E-state index is -0.0836. The molecule has 1 fully saturated rings. The van der Waals surface area contributed by atoms with Crippen molar-refractivity contribution in [3.63, 3.8) is 0 Å². The number of carbonyl (C=O) groups is 2. The molecule has 1 N–H and O–H groups in total. The maximum atomic E-state index is 12.8. The minimum absolute atomic E-state index is 0.0133. The van der Waals surface area contributed by atoms with Crippen LogP contribution in [0.1, 0.15) is 23.2 Å². The van der Waals surface area contributed by atoms with Crippen LogP contribution in [0.2, 0.25) is 0 Å². The second-order valence-electron chi connectivity index (χ2n) is 6.49. The lowest BCUT2D eigenvalue weighted by Crippen LogP contribution is -2.41. The molecule has 0 radical (unpaired) electrons. The second-order valence-corrected chi connectivity index (χ2v) is 6.49. The molecule has 0 saturated carbocycles. The minimum Gasteiger partial charge on any atom is -0.493 e. The lowest BCUT2D eigenvalue weighted by molar-refractivity contribution is -0.121. The summed E-state index contributed by atoms with van der Waals surface area (Å²) in [6.45, 7) is 1.11. The van der Waals surface area contributed by atoms with Crippen LogP contribution in [0.4, 0.5) is 5.69 Å². The SMILES string of the molecule is COc1ccc(C(=O)N2CCC(C(=O)Nc3ccccc3)CC2)cc1OC. The number of nitrogens with zero attached hydrogens (tertiary/aromatic N) is 1. The Hall–Kier alpha value is -3.02. The zero-order chi connectivity index (χ0) is 19.2. The van der Waals surface area contributed by atoms with Crippen LogP contribution < -0.4 is 14.8 Å². The molecule has 1 aliphatic heterocycles. The van der Waals surface area contributed by atoms with Crippen molar-refractivity contribution in [3.05, 3.63) is 54.1 Å². The summed E-state index contributed by atoms with van der Waals surface area (Å²) in [5.74, 6) is 0.989.